The first-order valence-corrected chi connectivity index (χ1v) is 12.8. The number of nitrogens with one attached hydrogen (secondary N) is 1. The number of rotatable bonds is 9. The molecule has 0 aliphatic carbocycles. The predicted octanol–water partition coefficient (Wildman–Crippen LogP) is 4.06. The maximum Gasteiger partial charge on any atom is 0.472 e. The van der Waals surface area contributed by atoms with Gasteiger partial charge in [-0.1, -0.05) is 23.5 Å². The zero-order valence-electron chi connectivity index (χ0n) is 18.2. The van der Waals surface area contributed by atoms with Gasteiger partial charge < -0.3 is 19.4 Å². The van der Waals surface area contributed by atoms with Gasteiger partial charge in [0.05, 0.1) is 10.4 Å². The Kier molecular flexibility index (Phi) is 7.58. The number of ether oxygens (including phenoxy) is 1. The molecule has 13 heteroatoms. The fourth-order valence-corrected chi connectivity index (χ4v) is 4.60. The van der Waals surface area contributed by atoms with Gasteiger partial charge in [-0.15, -0.1) is 0 Å². The van der Waals surface area contributed by atoms with Gasteiger partial charge in [-0.3, -0.25) is 14.9 Å². The Bertz CT molecular complexity index is 1290. The number of halogens is 1. The third-order valence-corrected chi connectivity index (χ3v) is 6.62. The third-order valence-electron chi connectivity index (χ3n) is 5.21. The molecule has 10 nitrogen and oxygen atoms in total. The van der Waals surface area contributed by atoms with Crippen LogP contribution in [0.2, 0.25) is 0 Å². The lowest BCUT2D eigenvalue weighted by molar-refractivity contribution is 0.0788. The van der Waals surface area contributed by atoms with Crippen LogP contribution in [0.1, 0.15) is 33.6 Å². The minimum atomic E-state index is -4.84. The van der Waals surface area contributed by atoms with Crippen LogP contribution in [0.4, 0.5) is 15.2 Å². The lowest BCUT2D eigenvalue weighted by Crippen LogP contribution is -2.17. The zero-order valence-corrected chi connectivity index (χ0v) is 19.9. The van der Waals surface area contributed by atoms with Crippen molar-refractivity contribution in [1.82, 2.24) is 4.98 Å². The Hall–Kier alpha value is -3.15. The number of carbonyl (C=O) groups is 2. The van der Waals surface area contributed by atoms with Gasteiger partial charge in [-0.2, -0.15) is 0 Å². The molecular weight excluding hydrogens is 500 g/mol. The zero-order chi connectivity index (χ0) is 25.0. The minimum Gasteiger partial charge on any atom is -0.463 e. The summed E-state index contributed by atoms with van der Waals surface area (Å²) in [4.78, 5) is 48.8. The number of phosphoric acid groups is 1. The maximum atomic E-state index is 14.5. The van der Waals surface area contributed by atoms with Crippen molar-refractivity contribution in [3.8, 4) is 16.2 Å². The van der Waals surface area contributed by atoms with E-state index in [-0.39, 0.29) is 17.4 Å². The second-order valence-corrected chi connectivity index (χ2v) is 9.87. The van der Waals surface area contributed by atoms with Gasteiger partial charge in [0.15, 0.2) is 23.0 Å². The molecule has 2 aromatic carbocycles. The van der Waals surface area contributed by atoms with E-state index in [1.165, 1.54) is 24.2 Å². The molecule has 35 heavy (non-hydrogen) atoms. The quantitative estimate of drug-likeness (QED) is 0.216. The Morgan fingerprint density at radius 3 is 2.74 bits per heavy atom. The molecule has 0 saturated carbocycles. The van der Waals surface area contributed by atoms with Crippen molar-refractivity contribution in [2.24, 2.45) is 0 Å². The van der Waals surface area contributed by atoms with Gasteiger partial charge >= 0.3 is 7.82 Å². The first-order chi connectivity index (χ1) is 16.7. The minimum absolute atomic E-state index is 0.166. The Labute approximate surface area is 203 Å². The first kappa shape index (κ1) is 25.0. The van der Waals surface area contributed by atoms with E-state index in [0.717, 1.165) is 41.4 Å². The van der Waals surface area contributed by atoms with E-state index in [0.29, 0.717) is 5.13 Å². The number of phosphoric ester groups is 1. The fourth-order valence-electron chi connectivity index (χ4n) is 3.61. The molecule has 0 radical (unpaired) electrons. The van der Waals surface area contributed by atoms with E-state index in [1.807, 2.05) is 12.1 Å². The van der Waals surface area contributed by atoms with E-state index in [1.54, 1.807) is 6.20 Å². The van der Waals surface area contributed by atoms with Crippen molar-refractivity contribution in [2.45, 2.75) is 12.8 Å². The van der Waals surface area contributed by atoms with Gasteiger partial charge in [-0.25, -0.2) is 18.5 Å². The number of nitrogens with zero attached hydrogens (tertiary/aromatic N) is 2. The molecule has 1 aliphatic heterocycles. The molecule has 1 aromatic heterocycles. The molecular formula is C22H21FN3O7PS. The average Bonchev–Trinajstić information content (AvgIpc) is 3.52. The number of hydrogen-bond donors (Lipinski definition) is 3. The van der Waals surface area contributed by atoms with Crippen molar-refractivity contribution in [3.63, 3.8) is 0 Å². The average molecular weight is 521 g/mol. The second-order valence-electron chi connectivity index (χ2n) is 7.60. The molecule has 4 rings (SSSR count). The van der Waals surface area contributed by atoms with Crippen LogP contribution in [0.3, 0.4) is 0 Å². The Morgan fingerprint density at radius 1 is 1.26 bits per heavy atom. The molecule has 0 spiro atoms. The molecule has 3 N–H and O–H groups in total. The molecule has 2 heterocycles. The number of thiazole rings is 1. The van der Waals surface area contributed by atoms with Crippen LogP contribution in [-0.4, -0.2) is 46.8 Å². The lowest BCUT2D eigenvalue weighted by Gasteiger charge is -2.18. The molecule has 1 aliphatic rings. The van der Waals surface area contributed by atoms with Gasteiger partial charge in [0.25, 0.3) is 5.91 Å². The number of amides is 1. The van der Waals surface area contributed by atoms with Crippen molar-refractivity contribution >= 4 is 42.2 Å². The van der Waals surface area contributed by atoms with Gasteiger partial charge in [-0.05, 0) is 42.7 Å². The summed E-state index contributed by atoms with van der Waals surface area (Å²) in [5.74, 6) is -2.37. The second kappa shape index (κ2) is 10.6. The summed E-state index contributed by atoms with van der Waals surface area (Å²) >= 11 is 1.25. The number of carbonyl (C=O) groups excluding carboxylic acids is 2. The molecule has 1 fully saturated rings. The van der Waals surface area contributed by atoms with Gasteiger partial charge in [0, 0.05) is 30.5 Å². The largest absolute Gasteiger partial charge is 0.472 e. The normalized spacial score (nSPS) is 13.6. The summed E-state index contributed by atoms with van der Waals surface area (Å²) in [5.41, 5.74) is 1.59. The van der Waals surface area contributed by atoms with E-state index >= 15 is 0 Å². The van der Waals surface area contributed by atoms with Crippen LogP contribution in [0.15, 0.2) is 42.6 Å². The molecule has 0 atom stereocenters. The summed E-state index contributed by atoms with van der Waals surface area (Å²) in [6.45, 7) is 1.05. The smallest absolute Gasteiger partial charge is 0.463 e. The number of hydrogen-bond acceptors (Lipinski definition) is 8. The highest BCUT2D eigenvalue weighted by atomic mass is 32.1. The van der Waals surface area contributed by atoms with E-state index in [4.69, 9.17) is 14.5 Å². The molecule has 0 bridgehead atoms. The lowest BCUT2D eigenvalue weighted by atomic mass is 10.1. The Balaban J connectivity index is 1.47. The van der Waals surface area contributed by atoms with Gasteiger partial charge in [0.2, 0.25) is 6.79 Å². The highest BCUT2D eigenvalue weighted by Crippen LogP contribution is 2.36. The summed E-state index contributed by atoms with van der Waals surface area (Å²) in [6, 6.07) is 9.99. The van der Waals surface area contributed by atoms with Crippen LogP contribution >= 0.6 is 19.2 Å². The summed E-state index contributed by atoms with van der Waals surface area (Å²) in [6.07, 6.45) is 4.23. The summed E-state index contributed by atoms with van der Waals surface area (Å²) in [5, 5.41) is 2.88. The number of anilines is 2. The summed E-state index contributed by atoms with van der Waals surface area (Å²) < 4.78 is 34.1. The number of benzene rings is 2. The molecule has 0 unspecified atom stereocenters. The number of aromatic nitrogens is 1. The maximum absolute atomic E-state index is 14.5. The van der Waals surface area contributed by atoms with Crippen molar-refractivity contribution in [3.05, 3.63) is 59.5 Å². The third kappa shape index (κ3) is 6.30. The van der Waals surface area contributed by atoms with Crippen molar-refractivity contribution < 1.29 is 37.6 Å². The van der Waals surface area contributed by atoms with Crippen molar-refractivity contribution in [1.29, 1.82) is 0 Å². The SMILES string of the molecule is O=Cc1cc(C(=O)Nc2ncc(-c3cccc(N4CCCC4)c3)s2)cc(F)c1OCOP(=O)(O)O. The first-order valence-electron chi connectivity index (χ1n) is 10.5. The highest BCUT2D eigenvalue weighted by molar-refractivity contribution is 7.46. The standard InChI is InChI=1S/C22H21FN3O7PS/c23-18-10-15(8-16(12-27)20(18)32-13-33-34(29,30)31)21(28)25-22-24-11-19(35-22)14-4-3-5-17(9-14)26-6-1-2-7-26/h3-5,8-12H,1-2,6-7,13H2,(H,24,25,28)(H2,29,30,31). The van der Waals surface area contributed by atoms with Crippen LogP contribution in [0.5, 0.6) is 5.75 Å². The molecule has 1 saturated heterocycles. The molecule has 1 amide bonds. The van der Waals surface area contributed by atoms with E-state index in [9.17, 15) is 18.5 Å². The van der Waals surface area contributed by atoms with Crippen LogP contribution < -0.4 is 15.0 Å². The molecule has 3 aromatic rings. The molecule has 184 valence electrons. The van der Waals surface area contributed by atoms with E-state index in [2.05, 4.69) is 31.9 Å². The van der Waals surface area contributed by atoms with Crippen molar-refractivity contribution in [2.75, 3.05) is 30.1 Å². The van der Waals surface area contributed by atoms with Crippen LogP contribution in [0.25, 0.3) is 10.4 Å². The predicted molar refractivity (Wildman–Crippen MR) is 127 cm³/mol. The van der Waals surface area contributed by atoms with E-state index < -0.39 is 32.1 Å². The summed E-state index contributed by atoms with van der Waals surface area (Å²) in [7, 11) is -4.84. The Morgan fingerprint density at radius 2 is 2.03 bits per heavy atom. The van der Waals surface area contributed by atoms with Crippen LogP contribution in [-0.2, 0) is 9.09 Å². The topological polar surface area (TPSA) is 138 Å². The number of aldehydes is 1. The highest BCUT2D eigenvalue weighted by Gasteiger charge is 2.20. The monoisotopic (exact) mass is 521 g/mol. The van der Waals surface area contributed by atoms with Crippen LogP contribution in [0, 0.1) is 5.82 Å². The fraction of sp³-hybridized carbons (Fsp3) is 0.227. The van der Waals surface area contributed by atoms with Gasteiger partial charge in [0.1, 0.15) is 0 Å².